The van der Waals surface area contributed by atoms with Gasteiger partial charge in [0.1, 0.15) is 5.82 Å². The van der Waals surface area contributed by atoms with E-state index < -0.39 is 11.8 Å². The van der Waals surface area contributed by atoms with E-state index in [4.69, 9.17) is 9.84 Å². The number of aryl methyl sites for hydroxylation is 1. The van der Waals surface area contributed by atoms with Gasteiger partial charge in [0.05, 0.1) is 31.4 Å². The van der Waals surface area contributed by atoms with Gasteiger partial charge in [-0.15, -0.1) is 0 Å². The van der Waals surface area contributed by atoms with Gasteiger partial charge in [0, 0.05) is 25.6 Å². The second-order valence-corrected chi connectivity index (χ2v) is 6.54. The lowest BCUT2D eigenvalue weighted by Gasteiger charge is -2.30. The fourth-order valence-corrected chi connectivity index (χ4v) is 3.48. The third-order valence-corrected chi connectivity index (χ3v) is 4.59. The van der Waals surface area contributed by atoms with Gasteiger partial charge in [0.25, 0.3) is 5.91 Å². The van der Waals surface area contributed by atoms with Crippen LogP contribution in [-0.2, 0) is 9.53 Å². The van der Waals surface area contributed by atoms with Crippen molar-refractivity contribution >= 4 is 11.9 Å². The summed E-state index contributed by atoms with van der Waals surface area (Å²) in [6, 6.07) is 4.52. The van der Waals surface area contributed by atoms with E-state index in [1.165, 1.54) is 6.07 Å². The topological polar surface area (TPSA) is 70.1 Å². The fourth-order valence-electron chi connectivity index (χ4n) is 3.48. The summed E-state index contributed by atoms with van der Waals surface area (Å²) in [5.74, 6) is -1.72. The van der Waals surface area contributed by atoms with Crippen molar-refractivity contribution in [2.24, 2.45) is 5.92 Å². The van der Waals surface area contributed by atoms with Gasteiger partial charge in [-0.3, -0.25) is 14.5 Å². The highest BCUT2D eigenvalue weighted by Gasteiger charge is 2.37. The Morgan fingerprint density at radius 2 is 2.08 bits per heavy atom. The van der Waals surface area contributed by atoms with Crippen LogP contribution in [-0.4, -0.2) is 72.2 Å². The first kappa shape index (κ1) is 16.9. The molecule has 1 aromatic carbocycles. The number of halogens is 1. The molecule has 1 amide bonds. The number of carbonyl (C=O) groups excluding carboxylic acids is 1. The number of hydrogen-bond acceptors (Lipinski definition) is 4. The van der Waals surface area contributed by atoms with Crippen molar-refractivity contribution < 1.29 is 23.8 Å². The third-order valence-electron chi connectivity index (χ3n) is 4.59. The van der Waals surface area contributed by atoms with Crippen molar-refractivity contribution in [3.05, 3.63) is 35.1 Å². The molecule has 0 saturated carbocycles. The molecule has 2 fully saturated rings. The largest absolute Gasteiger partial charge is 0.480 e. The van der Waals surface area contributed by atoms with Crippen LogP contribution in [0.25, 0.3) is 0 Å². The van der Waals surface area contributed by atoms with Gasteiger partial charge in [0.2, 0.25) is 0 Å². The van der Waals surface area contributed by atoms with E-state index in [-0.39, 0.29) is 30.0 Å². The van der Waals surface area contributed by atoms with Crippen LogP contribution < -0.4 is 0 Å². The van der Waals surface area contributed by atoms with Gasteiger partial charge in [-0.05, 0) is 18.6 Å². The fraction of sp³-hybridized carbons (Fsp3) is 0.529. The number of nitrogens with zero attached hydrogens (tertiary/aromatic N) is 2. The van der Waals surface area contributed by atoms with Crippen molar-refractivity contribution in [1.29, 1.82) is 0 Å². The SMILES string of the molecule is Cc1cccc(C(=O)N2C[C@H]3COC[C@@H]2CN(CC(=O)O)C3)c1F. The van der Waals surface area contributed by atoms with Crippen LogP contribution in [0.5, 0.6) is 0 Å². The maximum absolute atomic E-state index is 14.3. The maximum atomic E-state index is 14.3. The summed E-state index contributed by atoms with van der Waals surface area (Å²) in [5.41, 5.74) is 0.495. The predicted octanol–water partition coefficient (Wildman–Crippen LogP) is 0.992. The third kappa shape index (κ3) is 3.42. The first-order valence-electron chi connectivity index (χ1n) is 8.03. The summed E-state index contributed by atoms with van der Waals surface area (Å²) in [7, 11) is 0. The minimum atomic E-state index is -0.890. The maximum Gasteiger partial charge on any atom is 0.317 e. The minimum Gasteiger partial charge on any atom is -0.480 e. The Morgan fingerprint density at radius 1 is 1.29 bits per heavy atom. The van der Waals surface area contributed by atoms with Gasteiger partial charge in [-0.1, -0.05) is 12.1 Å². The molecule has 0 aliphatic carbocycles. The zero-order valence-electron chi connectivity index (χ0n) is 13.6. The molecule has 2 aliphatic rings. The highest BCUT2D eigenvalue weighted by Crippen LogP contribution is 2.23. The molecule has 0 spiro atoms. The molecule has 2 heterocycles. The number of rotatable bonds is 3. The average molecular weight is 336 g/mol. The number of aliphatic carboxylic acids is 1. The van der Waals surface area contributed by atoms with Gasteiger partial charge in [-0.25, -0.2) is 4.39 Å². The van der Waals surface area contributed by atoms with Crippen LogP contribution in [0, 0.1) is 18.7 Å². The van der Waals surface area contributed by atoms with Crippen molar-refractivity contribution in [3.8, 4) is 0 Å². The number of ether oxygens (including phenoxy) is 1. The van der Waals surface area contributed by atoms with Gasteiger partial charge < -0.3 is 14.7 Å². The molecule has 24 heavy (non-hydrogen) atoms. The van der Waals surface area contributed by atoms with Gasteiger partial charge in [0.15, 0.2) is 0 Å². The molecule has 2 bridgehead atoms. The van der Waals surface area contributed by atoms with E-state index in [1.54, 1.807) is 24.0 Å². The van der Waals surface area contributed by atoms with Crippen molar-refractivity contribution in [2.45, 2.75) is 13.0 Å². The minimum absolute atomic E-state index is 0.0219. The van der Waals surface area contributed by atoms with E-state index in [0.29, 0.717) is 38.4 Å². The Hall–Kier alpha value is -1.99. The molecule has 0 aromatic heterocycles. The smallest absolute Gasteiger partial charge is 0.317 e. The van der Waals surface area contributed by atoms with Crippen LogP contribution >= 0.6 is 0 Å². The molecular weight excluding hydrogens is 315 g/mol. The molecule has 2 aliphatic heterocycles. The second kappa shape index (κ2) is 6.86. The van der Waals surface area contributed by atoms with E-state index in [9.17, 15) is 14.0 Å². The Labute approximate surface area is 139 Å². The molecule has 2 atom stereocenters. The summed E-state index contributed by atoms with van der Waals surface area (Å²) in [5, 5.41) is 9.04. The Morgan fingerprint density at radius 3 is 2.83 bits per heavy atom. The van der Waals surface area contributed by atoms with Crippen LogP contribution in [0.3, 0.4) is 0 Å². The number of benzene rings is 1. The monoisotopic (exact) mass is 336 g/mol. The van der Waals surface area contributed by atoms with E-state index in [1.807, 2.05) is 4.90 Å². The first-order chi connectivity index (χ1) is 11.5. The molecule has 130 valence electrons. The summed E-state index contributed by atoms with van der Waals surface area (Å²) >= 11 is 0. The van der Waals surface area contributed by atoms with Gasteiger partial charge in [-0.2, -0.15) is 0 Å². The molecule has 0 radical (unpaired) electrons. The number of amides is 1. The summed E-state index contributed by atoms with van der Waals surface area (Å²) in [6.07, 6.45) is 0. The standard InChI is InChI=1S/C17H21FN2O4/c1-11-3-2-4-14(16(11)18)17(23)20-6-12-5-19(8-15(21)22)7-13(20)10-24-9-12/h2-4,12-13H,5-10H2,1H3,(H,21,22)/t12-,13-/m0/s1. The normalized spacial score (nSPS) is 24.5. The molecule has 7 heteroatoms. The number of carbonyl (C=O) groups is 2. The molecule has 6 nitrogen and oxygen atoms in total. The molecule has 2 saturated heterocycles. The van der Waals surface area contributed by atoms with Crippen LogP contribution in [0.2, 0.25) is 0 Å². The summed E-state index contributed by atoms with van der Waals surface area (Å²) in [6.45, 7) is 3.81. The molecule has 0 unspecified atom stereocenters. The van der Waals surface area contributed by atoms with Gasteiger partial charge >= 0.3 is 5.97 Å². The lowest BCUT2D eigenvalue weighted by Crippen LogP contribution is -2.47. The Kier molecular flexibility index (Phi) is 4.82. The number of carboxylic acids is 1. The number of fused-ring (bicyclic) bond motifs is 3. The lowest BCUT2D eigenvalue weighted by atomic mass is 10.1. The van der Waals surface area contributed by atoms with E-state index in [0.717, 1.165) is 0 Å². The quantitative estimate of drug-likeness (QED) is 0.891. The zero-order chi connectivity index (χ0) is 17.3. The van der Waals surface area contributed by atoms with E-state index >= 15 is 0 Å². The zero-order valence-corrected chi connectivity index (χ0v) is 13.6. The highest BCUT2D eigenvalue weighted by molar-refractivity contribution is 5.95. The van der Waals surface area contributed by atoms with Crippen molar-refractivity contribution in [1.82, 2.24) is 9.80 Å². The first-order valence-corrected chi connectivity index (χ1v) is 8.03. The molecule has 3 rings (SSSR count). The molecular formula is C17H21FN2O4. The molecule has 1 N–H and O–H groups in total. The Bertz CT molecular complexity index is 651. The Balaban J connectivity index is 1.86. The number of hydrogen-bond donors (Lipinski definition) is 1. The van der Waals surface area contributed by atoms with Crippen molar-refractivity contribution in [3.63, 3.8) is 0 Å². The second-order valence-electron chi connectivity index (χ2n) is 6.54. The van der Waals surface area contributed by atoms with Crippen LogP contribution in [0.4, 0.5) is 4.39 Å². The summed E-state index contributed by atoms with van der Waals surface area (Å²) < 4.78 is 20.0. The molecule has 1 aromatic rings. The van der Waals surface area contributed by atoms with Crippen LogP contribution in [0.15, 0.2) is 18.2 Å². The highest BCUT2D eigenvalue weighted by atomic mass is 19.1. The van der Waals surface area contributed by atoms with Crippen molar-refractivity contribution in [2.75, 3.05) is 39.4 Å². The van der Waals surface area contributed by atoms with E-state index in [2.05, 4.69) is 0 Å². The average Bonchev–Trinajstić information content (AvgIpc) is 2.79. The predicted molar refractivity (Wildman–Crippen MR) is 84.3 cm³/mol. The van der Waals surface area contributed by atoms with Crippen LogP contribution in [0.1, 0.15) is 15.9 Å². The number of carboxylic acid groups (broad SMARTS) is 1. The lowest BCUT2D eigenvalue weighted by molar-refractivity contribution is -0.138. The summed E-state index contributed by atoms with van der Waals surface area (Å²) in [4.78, 5) is 27.4.